The van der Waals surface area contributed by atoms with Crippen LogP contribution in [0.15, 0.2) is 48.9 Å². The molecule has 2 aromatic rings. The number of hydrogen-bond acceptors (Lipinski definition) is 3. The zero-order valence-corrected chi connectivity index (χ0v) is 15.0. The molecule has 0 saturated heterocycles. The van der Waals surface area contributed by atoms with Crippen molar-refractivity contribution in [2.75, 3.05) is 25.5 Å². The first-order chi connectivity index (χ1) is 11.9. The van der Waals surface area contributed by atoms with Crippen LogP contribution in [0.3, 0.4) is 0 Å². The fourth-order valence-corrected chi connectivity index (χ4v) is 3.52. The largest absolute Gasteiger partial charge is 0.377 e. The third-order valence-electron chi connectivity index (χ3n) is 5.14. The van der Waals surface area contributed by atoms with E-state index in [4.69, 9.17) is 0 Å². The van der Waals surface area contributed by atoms with Gasteiger partial charge in [0.05, 0.1) is 17.3 Å². The summed E-state index contributed by atoms with van der Waals surface area (Å²) in [5, 5.41) is 4.51. The van der Waals surface area contributed by atoms with E-state index in [0.29, 0.717) is 0 Å². The highest BCUT2D eigenvalue weighted by Crippen LogP contribution is 2.41. The van der Waals surface area contributed by atoms with E-state index < -0.39 is 5.41 Å². The highest BCUT2D eigenvalue weighted by atomic mass is 16.2. The molecule has 5 heteroatoms. The van der Waals surface area contributed by atoms with Crippen LogP contribution in [0, 0.1) is 0 Å². The van der Waals surface area contributed by atoms with Gasteiger partial charge in [-0.1, -0.05) is 12.1 Å². The van der Waals surface area contributed by atoms with Crippen LogP contribution in [-0.2, 0) is 10.2 Å². The number of allylic oxidation sites excluding steroid dienone is 2. The molecule has 0 N–H and O–H groups in total. The van der Waals surface area contributed by atoms with E-state index in [2.05, 4.69) is 35.4 Å². The lowest BCUT2D eigenvalue weighted by Crippen LogP contribution is -2.33. The van der Waals surface area contributed by atoms with Crippen molar-refractivity contribution in [1.29, 1.82) is 0 Å². The zero-order chi connectivity index (χ0) is 17.8. The predicted molar refractivity (Wildman–Crippen MR) is 99.7 cm³/mol. The van der Waals surface area contributed by atoms with Crippen LogP contribution in [0.1, 0.15) is 25.0 Å². The maximum absolute atomic E-state index is 12.5. The molecule has 0 spiro atoms. The van der Waals surface area contributed by atoms with Crippen molar-refractivity contribution >= 4 is 17.2 Å². The molecule has 1 aromatic carbocycles. The molecule has 1 aromatic heterocycles. The van der Waals surface area contributed by atoms with Crippen LogP contribution >= 0.6 is 0 Å². The van der Waals surface area contributed by atoms with Crippen molar-refractivity contribution in [3.8, 4) is 5.69 Å². The first kappa shape index (κ1) is 15.7. The Labute approximate surface area is 147 Å². The van der Waals surface area contributed by atoms with Crippen LogP contribution in [-0.4, -0.2) is 41.2 Å². The molecule has 4 rings (SSSR count). The summed E-state index contributed by atoms with van der Waals surface area (Å²) in [6.45, 7) is 4.85. The summed E-state index contributed by atoms with van der Waals surface area (Å²) in [5.41, 5.74) is 4.79. The van der Waals surface area contributed by atoms with Crippen LogP contribution in [0.2, 0.25) is 0 Å². The Morgan fingerprint density at radius 3 is 2.72 bits per heavy atom. The summed E-state index contributed by atoms with van der Waals surface area (Å²) in [7, 11) is 3.89. The number of carbonyl (C=O) groups excluding carboxylic acids is 1. The Morgan fingerprint density at radius 2 is 2.00 bits per heavy atom. The molecule has 0 saturated carbocycles. The highest BCUT2D eigenvalue weighted by Gasteiger charge is 2.42. The van der Waals surface area contributed by atoms with Gasteiger partial charge in [-0.2, -0.15) is 5.10 Å². The monoisotopic (exact) mass is 334 g/mol. The van der Waals surface area contributed by atoms with Crippen LogP contribution in [0.4, 0.5) is 5.69 Å². The molecule has 2 aliphatic rings. The Morgan fingerprint density at radius 1 is 1.20 bits per heavy atom. The summed E-state index contributed by atoms with van der Waals surface area (Å²) in [6, 6.07) is 6.11. The number of aromatic nitrogens is 2. The standard InChI is InChI=1S/C20H22N4O/c1-20(2)17-6-5-16(11-18(17)23(4)19(20)25)24-13-15(12-21-24)14-7-9-22(3)10-8-14/h5-9,11-13H,10H2,1-4H3. The number of rotatable bonds is 2. The number of hydrogen-bond donors (Lipinski definition) is 0. The lowest BCUT2D eigenvalue weighted by Gasteiger charge is -2.16. The zero-order valence-electron chi connectivity index (χ0n) is 15.0. The molecule has 0 aliphatic carbocycles. The van der Waals surface area contributed by atoms with Gasteiger partial charge in [0.1, 0.15) is 0 Å². The van der Waals surface area contributed by atoms with E-state index in [-0.39, 0.29) is 5.91 Å². The number of likely N-dealkylation sites (N-methyl/N-ethyl adjacent to an activating group) is 2. The minimum absolute atomic E-state index is 0.127. The van der Waals surface area contributed by atoms with Crippen molar-refractivity contribution in [2.24, 2.45) is 0 Å². The van der Waals surface area contributed by atoms with Crippen LogP contribution < -0.4 is 4.90 Å². The number of anilines is 1. The molecule has 3 heterocycles. The topological polar surface area (TPSA) is 41.4 Å². The van der Waals surface area contributed by atoms with Crippen molar-refractivity contribution in [3.63, 3.8) is 0 Å². The fraction of sp³-hybridized carbons (Fsp3) is 0.300. The van der Waals surface area contributed by atoms with Gasteiger partial charge in [-0.25, -0.2) is 4.68 Å². The van der Waals surface area contributed by atoms with Gasteiger partial charge in [-0.3, -0.25) is 4.79 Å². The maximum atomic E-state index is 12.5. The molecular weight excluding hydrogens is 312 g/mol. The van der Waals surface area contributed by atoms with E-state index in [1.807, 2.05) is 56.2 Å². The second kappa shape index (κ2) is 5.34. The molecule has 0 atom stereocenters. The first-order valence-electron chi connectivity index (χ1n) is 8.44. The third-order valence-corrected chi connectivity index (χ3v) is 5.14. The van der Waals surface area contributed by atoms with Gasteiger partial charge >= 0.3 is 0 Å². The smallest absolute Gasteiger partial charge is 0.236 e. The Balaban J connectivity index is 1.69. The molecule has 0 fully saturated rings. The molecule has 1 amide bonds. The summed E-state index contributed by atoms with van der Waals surface area (Å²) in [5.74, 6) is 0.127. The van der Waals surface area contributed by atoms with Gasteiger partial charge in [-0.15, -0.1) is 0 Å². The van der Waals surface area contributed by atoms with Gasteiger partial charge in [0.25, 0.3) is 0 Å². The van der Waals surface area contributed by atoms with E-state index >= 15 is 0 Å². The summed E-state index contributed by atoms with van der Waals surface area (Å²) < 4.78 is 1.87. The van der Waals surface area contributed by atoms with Crippen molar-refractivity contribution in [2.45, 2.75) is 19.3 Å². The minimum atomic E-state index is -0.471. The molecule has 0 radical (unpaired) electrons. The van der Waals surface area contributed by atoms with Crippen molar-refractivity contribution < 1.29 is 4.79 Å². The maximum Gasteiger partial charge on any atom is 0.236 e. The average molecular weight is 334 g/mol. The van der Waals surface area contributed by atoms with Gasteiger partial charge in [-0.05, 0) is 49.4 Å². The second-order valence-corrected chi connectivity index (χ2v) is 7.28. The van der Waals surface area contributed by atoms with Gasteiger partial charge < -0.3 is 9.80 Å². The van der Waals surface area contributed by atoms with Crippen LogP contribution in [0.25, 0.3) is 11.3 Å². The minimum Gasteiger partial charge on any atom is -0.377 e. The molecule has 5 nitrogen and oxygen atoms in total. The average Bonchev–Trinajstić information content (AvgIpc) is 3.15. The van der Waals surface area contributed by atoms with E-state index in [1.165, 1.54) is 5.57 Å². The molecule has 25 heavy (non-hydrogen) atoms. The number of benzene rings is 1. The Kier molecular flexibility index (Phi) is 3.35. The molecule has 0 bridgehead atoms. The lowest BCUT2D eigenvalue weighted by molar-refractivity contribution is -0.121. The first-order valence-corrected chi connectivity index (χ1v) is 8.44. The highest BCUT2D eigenvalue weighted by molar-refractivity contribution is 6.07. The van der Waals surface area contributed by atoms with E-state index in [9.17, 15) is 4.79 Å². The number of fused-ring (bicyclic) bond motifs is 1. The second-order valence-electron chi connectivity index (χ2n) is 7.28. The molecule has 0 unspecified atom stereocenters. The van der Waals surface area contributed by atoms with Crippen molar-refractivity contribution in [1.82, 2.24) is 14.7 Å². The normalized spacial score (nSPS) is 18.6. The number of carbonyl (C=O) groups is 1. The predicted octanol–water partition coefficient (Wildman–Crippen LogP) is 2.97. The van der Waals surface area contributed by atoms with E-state index in [0.717, 1.165) is 29.0 Å². The Bertz CT molecular complexity index is 920. The van der Waals surface area contributed by atoms with Gasteiger partial charge in [0, 0.05) is 38.1 Å². The fourth-order valence-electron chi connectivity index (χ4n) is 3.52. The van der Waals surface area contributed by atoms with E-state index in [1.54, 1.807) is 4.90 Å². The number of nitrogens with zero attached hydrogens (tertiary/aromatic N) is 4. The van der Waals surface area contributed by atoms with Crippen molar-refractivity contribution in [3.05, 3.63) is 60.1 Å². The van der Waals surface area contributed by atoms with Crippen LogP contribution in [0.5, 0.6) is 0 Å². The molecule has 128 valence electrons. The summed E-state index contributed by atoms with van der Waals surface area (Å²) >= 11 is 0. The summed E-state index contributed by atoms with van der Waals surface area (Å²) in [4.78, 5) is 16.3. The SMILES string of the molecule is CN1C=CC(c2cnn(-c3ccc4c(c3)N(C)C(=O)C4(C)C)c2)=CC1. The quantitative estimate of drug-likeness (QED) is 0.848. The number of amides is 1. The molecule has 2 aliphatic heterocycles. The third kappa shape index (κ3) is 2.38. The lowest BCUT2D eigenvalue weighted by atomic mass is 9.86. The van der Waals surface area contributed by atoms with Gasteiger partial charge in [0.2, 0.25) is 5.91 Å². The summed E-state index contributed by atoms with van der Waals surface area (Å²) in [6.07, 6.45) is 10.3. The Hall–Kier alpha value is -2.82. The van der Waals surface area contributed by atoms with Gasteiger partial charge in [0.15, 0.2) is 0 Å². The molecular formula is C20H22N4O.